The van der Waals surface area contributed by atoms with Crippen LogP contribution in [0.25, 0.3) is 0 Å². The Morgan fingerprint density at radius 3 is 2.87 bits per heavy atom. The molecule has 5 nitrogen and oxygen atoms in total. The zero-order valence-electron chi connectivity index (χ0n) is 8.75. The Labute approximate surface area is 88.2 Å². The number of nitrogens with zero attached hydrogens (tertiary/aromatic N) is 1. The normalized spacial score (nSPS) is 16.6. The predicted octanol–water partition coefficient (Wildman–Crippen LogP) is 2.05. The number of hydrogen-bond donors (Lipinski definition) is 2. The Morgan fingerprint density at radius 2 is 2.27 bits per heavy atom. The molecule has 0 spiro atoms. The monoisotopic (exact) mass is 209 g/mol. The van der Waals surface area contributed by atoms with Crippen LogP contribution in [-0.4, -0.2) is 17.2 Å². The van der Waals surface area contributed by atoms with E-state index in [0.29, 0.717) is 17.6 Å². The minimum Gasteiger partial charge on any atom is -0.360 e. The van der Waals surface area contributed by atoms with Gasteiger partial charge in [0.15, 0.2) is 5.82 Å². The molecule has 0 unspecified atom stereocenters. The molecule has 2 amide bonds. The number of anilines is 1. The molecule has 82 valence electrons. The fourth-order valence-electron chi connectivity index (χ4n) is 1.83. The Kier molecular flexibility index (Phi) is 2.89. The van der Waals surface area contributed by atoms with Crippen molar-refractivity contribution in [3.05, 3.63) is 11.8 Å². The van der Waals surface area contributed by atoms with Gasteiger partial charge in [-0.3, -0.25) is 5.32 Å². The lowest BCUT2D eigenvalue weighted by Crippen LogP contribution is -2.36. The number of aromatic nitrogens is 1. The third kappa shape index (κ3) is 2.71. The van der Waals surface area contributed by atoms with Gasteiger partial charge in [-0.1, -0.05) is 18.0 Å². The first kappa shape index (κ1) is 10.0. The second kappa shape index (κ2) is 4.33. The second-order valence-corrected chi connectivity index (χ2v) is 3.90. The molecule has 15 heavy (non-hydrogen) atoms. The average molecular weight is 209 g/mol. The van der Waals surface area contributed by atoms with E-state index in [4.69, 9.17) is 4.52 Å². The van der Waals surface area contributed by atoms with Crippen molar-refractivity contribution in [3.63, 3.8) is 0 Å². The number of amides is 2. The molecule has 2 rings (SSSR count). The minimum absolute atomic E-state index is 0.199. The SMILES string of the molecule is Cc1cc(NC(=O)NC2CCCC2)no1. The van der Waals surface area contributed by atoms with Gasteiger partial charge in [0.2, 0.25) is 0 Å². The molecule has 1 aliphatic carbocycles. The third-order valence-corrected chi connectivity index (χ3v) is 2.56. The van der Waals surface area contributed by atoms with Crippen LogP contribution in [0.15, 0.2) is 10.6 Å². The molecule has 0 atom stereocenters. The molecular formula is C10H15N3O2. The lowest BCUT2D eigenvalue weighted by molar-refractivity contribution is 0.248. The van der Waals surface area contributed by atoms with Gasteiger partial charge in [0, 0.05) is 12.1 Å². The maximum atomic E-state index is 11.5. The van der Waals surface area contributed by atoms with E-state index in [-0.39, 0.29) is 6.03 Å². The largest absolute Gasteiger partial charge is 0.360 e. The van der Waals surface area contributed by atoms with Gasteiger partial charge in [-0.15, -0.1) is 0 Å². The minimum atomic E-state index is -0.199. The van der Waals surface area contributed by atoms with Crippen molar-refractivity contribution < 1.29 is 9.32 Å². The maximum Gasteiger partial charge on any atom is 0.320 e. The average Bonchev–Trinajstić information content (AvgIpc) is 2.77. The standard InChI is InChI=1S/C10H15N3O2/c1-7-6-9(13-15-7)12-10(14)11-8-4-2-3-5-8/h6,8H,2-5H2,1H3,(H2,11,12,13,14). The fraction of sp³-hybridized carbons (Fsp3) is 0.600. The van der Waals surface area contributed by atoms with Gasteiger partial charge in [0.05, 0.1) is 0 Å². The van der Waals surface area contributed by atoms with E-state index in [1.54, 1.807) is 13.0 Å². The number of nitrogens with one attached hydrogen (secondary N) is 2. The van der Waals surface area contributed by atoms with Gasteiger partial charge >= 0.3 is 6.03 Å². The molecule has 2 N–H and O–H groups in total. The van der Waals surface area contributed by atoms with E-state index in [2.05, 4.69) is 15.8 Å². The van der Waals surface area contributed by atoms with Crippen LogP contribution in [-0.2, 0) is 0 Å². The van der Waals surface area contributed by atoms with Crippen molar-refractivity contribution in [2.45, 2.75) is 38.6 Å². The lowest BCUT2D eigenvalue weighted by atomic mass is 10.2. The van der Waals surface area contributed by atoms with Crippen molar-refractivity contribution >= 4 is 11.8 Å². The molecule has 0 aliphatic heterocycles. The van der Waals surface area contributed by atoms with Crippen LogP contribution in [0.2, 0.25) is 0 Å². The number of carbonyl (C=O) groups is 1. The summed E-state index contributed by atoms with van der Waals surface area (Å²) in [6.45, 7) is 1.78. The molecule has 1 saturated carbocycles. The van der Waals surface area contributed by atoms with Crippen molar-refractivity contribution in [3.8, 4) is 0 Å². The highest BCUT2D eigenvalue weighted by Crippen LogP contribution is 2.17. The van der Waals surface area contributed by atoms with Gasteiger partial charge in [0.25, 0.3) is 0 Å². The van der Waals surface area contributed by atoms with Crippen LogP contribution in [0.3, 0.4) is 0 Å². The third-order valence-electron chi connectivity index (χ3n) is 2.56. The highest BCUT2D eigenvalue weighted by atomic mass is 16.5. The first-order valence-corrected chi connectivity index (χ1v) is 5.25. The predicted molar refractivity (Wildman–Crippen MR) is 55.7 cm³/mol. The van der Waals surface area contributed by atoms with Crippen LogP contribution in [0.5, 0.6) is 0 Å². The van der Waals surface area contributed by atoms with E-state index < -0.39 is 0 Å². The first-order chi connectivity index (χ1) is 7.24. The molecule has 5 heteroatoms. The maximum absolute atomic E-state index is 11.5. The van der Waals surface area contributed by atoms with Crippen LogP contribution in [0.4, 0.5) is 10.6 Å². The molecule has 1 aromatic heterocycles. The molecule has 0 saturated heterocycles. The molecule has 0 radical (unpaired) electrons. The quantitative estimate of drug-likeness (QED) is 0.783. The van der Waals surface area contributed by atoms with E-state index in [9.17, 15) is 4.79 Å². The van der Waals surface area contributed by atoms with Crippen molar-refractivity contribution in [1.29, 1.82) is 0 Å². The summed E-state index contributed by atoms with van der Waals surface area (Å²) in [5, 5.41) is 9.22. The second-order valence-electron chi connectivity index (χ2n) is 3.90. The van der Waals surface area contributed by atoms with E-state index in [1.807, 2.05) is 0 Å². The summed E-state index contributed by atoms with van der Waals surface area (Å²) >= 11 is 0. The number of rotatable bonds is 2. The molecule has 1 aliphatic rings. The van der Waals surface area contributed by atoms with Crippen LogP contribution in [0.1, 0.15) is 31.4 Å². The van der Waals surface area contributed by atoms with Crippen molar-refractivity contribution in [1.82, 2.24) is 10.5 Å². The van der Waals surface area contributed by atoms with Crippen molar-refractivity contribution in [2.24, 2.45) is 0 Å². The number of hydrogen-bond acceptors (Lipinski definition) is 3. The number of urea groups is 1. The van der Waals surface area contributed by atoms with Gasteiger partial charge in [-0.25, -0.2) is 4.79 Å². The fourth-order valence-corrected chi connectivity index (χ4v) is 1.83. The van der Waals surface area contributed by atoms with Crippen LogP contribution >= 0.6 is 0 Å². The summed E-state index contributed by atoms with van der Waals surface area (Å²) in [5.74, 6) is 1.15. The zero-order chi connectivity index (χ0) is 10.7. The highest BCUT2D eigenvalue weighted by Gasteiger charge is 2.17. The topological polar surface area (TPSA) is 67.2 Å². The van der Waals surface area contributed by atoms with Gasteiger partial charge in [-0.2, -0.15) is 0 Å². The van der Waals surface area contributed by atoms with Crippen LogP contribution in [0, 0.1) is 6.92 Å². The summed E-state index contributed by atoms with van der Waals surface area (Å²) in [4.78, 5) is 11.5. The van der Waals surface area contributed by atoms with E-state index in [0.717, 1.165) is 12.8 Å². The summed E-state index contributed by atoms with van der Waals surface area (Å²) < 4.78 is 4.84. The molecule has 1 fully saturated rings. The Balaban J connectivity index is 1.81. The first-order valence-electron chi connectivity index (χ1n) is 5.25. The Morgan fingerprint density at radius 1 is 1.53 bits per heavy atom. The molecule has 0 bridgehead atoms. The van der Waals surface area contributed by atoms with Gasteiger partial charge in [0.1, 0.15) is 5.76 Å². The summed E-state index contributed by atoms with van der Waals surface area (Å²) in [6.07, 6.45) is 4.55. The smallest absolute Gasteiger partial charge is 0.320 e. The van der Waals surface area contributed by atoms with Crippen molar-refractivity contribution in [2.75, 3.05) is 5.32 Å². The highest BCUT2D eigenvalue weighted by molar-refractivity contribution is 5.88. The Hall–Kier alpha value is -1.52. The summed E-state index contributed by atoms with van der Waals surface area (Å²) in [7, 11) is 0. The zero-order valence-corrected chi connectivity index (χ0v) is 8.75. The number of aryl methyl sites for hydroxylation is 1. The van der Waals surface area contributed by atoms with Gasteiger partial charge in [-0.05, 0) is 19.8 Å². The molecule has 0 aromatic carbocycles. The molecule has 1 aromatic rings. The molecular weight excluding hydrogens is 194 g/mol. The Bertz CT molecular complexity index is 342. The molecule has 1 heterocycles. The van der Waals surface area contributed by atoms with Gasteiger partial charge < -0.3 is 9.84 Å². The lowest BCUT2D eigenvalue weighted by Gasteiger charge is -2.11. The van der Waals surface area contributed by atoms with Crippen LogP contribution < -0.4 is 10.6 Å². The van der Waals surface area contributed by atoms with E-state index >= 15 is 0 Å². The number of carbonyl (C=O) groups excluding carboxylic acids is 1. The van der Waals surface area contributed by atoms with E-state index in [1.165, 1.54) is 12.8 Å². The summed E-state index contributed by atoms with van der Waals surface area (Å²) in [6, 6.07) is 1.81. The summed E-state index contributed by atoms with van der Waals surface area (Å²) in [5.41, 5.74) is 0.